The minimum atomic E-state index is -1.08. The Balaban J connectivity index is 1.07. The van der Waals surface area contributed by atoms with Gasteiger partial charge in [0, 0.05) is 26.0 Å². The Morgan fingerprint density at radius 2 is 1.43 bits per heavy atom. The molecule has 15 heteroatoms. The van der Waals surface area contributed by atoms with Crippen LogP contribution in [0, 0.1) is 0 Å². The van der Waals surface area contributed by atoms with Crippen molar-refractivity contribution in [3.8, 4) is 11.1 Å². The number of ether oxygens (including phenoxy) is 5. The smallest absolute Gasteiger partial charge is 0.407 e. The molecule has 56 heavy (non-hydrogen) atoms. The molecule has 3 aliphatic rings. The molecule has 0 aromatic heterocycles. The maximum Gasteiger partial charge on any atom is 0.407 e. The number of hydrogen-bond donors (Lipinski definition) is 5. The zero-order chi connectivity index (χ0) is 40.5. The second-order valence-corrected chi connectivity index (χ2v) is 15.8. The van der Waals surface area contributed by atoms with Gasteiger partial charge in [0.15, 0.2) is 0 Å². The van der Waals surface area contributed by atoms with Crippen LogP contribution in [-0.2, 0) is 42.9 Å². The number of aliphatic carboxylic acids is 1. The average Bonchev–Trinajstić information content (AvgIpc) is 3.83. The van der Waals surface area contributed by atoms with E-state index in [9.17, 15) is 24.0 Å². The van der Waals surface area contributed by atoms with Gasteiger partial charge in [0.25, 0.3) is 0 Å². The topological polar surface area (TPSA) is 200 Å². The third-order valence-corrected chi connectivity index (χ3v) is 10.6. The summed E-state index contributed by atoms with van der Waals surface area (Å²) < 4.78 is 29.0. The van der Waals surface area contributed by atoms with Crippen LogP contribution in [0.1, 0.15) is 83.3 Å². The summed E-state index contributed by atoms with van der Waals surface area (Å²) in [5.41, 5.74) is 3.23. The molecule has 2 fully saturated rings. The first-order valence-electron chi connectivity index (χ1n) is 19.3. The maximum absolute atomic E-state index is 13.1. The van der Waals surface area contributed by atoms with Gasteiger partial charge in [-0.05, 0) is 69.2 Å². The van der Waals surface area contributed by atoms with Crippen molar-refractivity contribution in [2.45, 2.75) is 114 Å². The van der Waals surface area contributed by atoms with Crippen LogP contribution in [0.3, 0.4) is 0 Å². The number of methoxy groups -OCH3 is 1. The minimum Gasteiger partial charge on any atom is -0.481 e. The Bertz CT molecular complexity index is 1670. The summed E-state index contributed by atoms with van der Waals surface area (Å²) >= 11 is 0. The second-order valence-electron chi connectivity index (χ2n) is 15.8. The number of fused-ring (bicyclic) bond motifs is 4. The van der Waals surface area contributed by atoms with Gasteiger partial charge < -0.3 is 50.1 Å². The highest BCUT2D eigenvalue weighted by Crippen LogP contribution is 2.44. The number of benzene rings is 2. The Kier molecular flexibility index (Phi) is 14.5. The molecule has 1 aliphatic carbocycles. The van der Waals surface area contributed by atoms with Gasteiger partial charge in [-0.1, -0.05) is 48.5 Å². The fourth-order valence-electron chi connectivity index (χ4n) is 7.33. The fraction of sp³-hybridized carbons (Fsp3) is 0.585. The van der Waals surface area contributed by atoms with Crippen LogP contribution in [0.15, 0.2) is 48.5 Å². The molecular formula is C41H56N4O11. The molecule has 5 rings (SSSR count). The van der Waals surface area contributed by atoms with Gasteiger partial charge in [-0.2, -0.15) is 0 Å². The van der Waals surface area contributed by atoms with Crippen molar-refractivity contribution in [1.29, 1.82) is 0 Å². The lowest BCUT2D eigenvalue weighted by atomic mass is 9.98. The largest absolute Gasteiger partial charge is 0.481 e. The summed E-state index contributed by atoms with van der Waals surface area (Å²) in [5, 5.41) is 20.1. The van der Waals surface area contributed by atoms with Crippen molar-refractivity contribution < 1.29 is 52.8 Å². The van der Waals surface area contributed by atoms with E-state index < -0.39 is 47.9 Å². The number of carboxylic acid groups (broad SMARTS) is 1. The summed E-state index contributed by atoms with van der Waals surface area (Å²) in [6, 6.07) is 14.0. The average molecular weight is 781 g/mol. The highest BCUT2D eigenvalue weighted by molar-refractivity contribution is 5.86. The Labute approximate surface area is 327 Å². The van der Waals surface area contributed by atoms with Crippen molar-refractivity contribution in [1.82, 2.24) is 21.3 Å². The molecule has 5 atom stereocenters. The standard InChI is InChI=1S/C41H56N4O11/c1-40(2,52-5)18-20-56-41(3,4)21-34(47)44-32-24-54-36-31(23-53-37(32)36)43-33(46)16-10-15-30(38(50)42-19-17-35(48)49)45-39(51)55-22-29-27-13-8-6-11-25(27)26-12-7-9-14-28(26)29/h6-9,11-14,29-32,36-37H,10,15-24H2,1-5H3,(H,42,50)(H,43,46)(H,44,47)(H,45,51)(H,48,49)/t30-,31-,32-,36?,37+/m0/s1. The molecule has 0 spiro atoms. The molecule has 0 saturated carbocycles. The quantitative estimate of drug-likeness (QED) is 0.132. The first-order valence-corrected chi connectivity index (χ1v) is 19.3. The van der Waals surface area contributed by atoms with Gasteiger partial charge in [0.05, 0.1) is 55.9 Å². The Hall–Kier alpha value is -4.57. The highest BCUT2D eigenvalue weighted by atomic mass is 16.6. The molecule has 2 heterocycles. The van der Waals surface area contributed by atoms with E-state index in [1.54, 1.807) is 7.11 Å². The number of rotatable bonds is 20. The van der Waals surface area contributed by atoms with E-state index in [1.807, 2.05) is 76.2 Å². The van der Waals surface area contributed by atoms with Gasteiger partial charge in [0.1, 0.15) is 24.9 Å². The summed E-state index contributed by atoms with van der Waals surface area (Å²) in [4.78, 5) is 63.1. The van der Waals surface area contributed by atoms with Gasteiger partial charge in [-0.15, -0.1) is 0 Å². The molecule has 1 unspecified atom stereocenters. The molecule has 306 valence electrons. The Morgan fingerprint density at radius 1 is 0.839 bits per heavy atom. The summed E-state index contributed by atoms with van der Waals surface area (Å²) in [5.74, 6) is -2.32. The van der Waals surface area contributed by atoms with Crippen LogP contribution < -0.4 is 21.3 Å². The number of hydrogen-bond acceptors (Lipinski definition) is 10. The number of carbonyl (C=O) groups is 5. The van der Waals surface area contributed by atoms with Crippen molar-refractivity contribution in [3.63, 3.8) is 0 Å². The zero-order valence-electron chi connectivity index (χ0n) is 32.9. The van der Waals surface area contributed by atoms with Crippen molar-refractivity contribution in [2.24, 2.45) is 0 Å². The maximum atomic E-state index is 13.1. The van der Waals surface area contributed by atoms with E-state index in [-0.39, 0.29) is 87.8 Å². The van der Waals surface area contributed by atoms with Crippen molar-refractivity contribution in [3.05, 3.63) is 59.7 Å². The molecule has 2 aromatic rings. The van der Waals surface area contributed by atoms with E-state index in [0.717, 1.165) is 22.3 Å². The first kappa shape index (κ1) is 42.6. The minimum absolute atomic E-state index is 0.0377. The molecule has 2 saturated heterocycles. The summed E-state index contributed by atoms with van der Waals surface area (Å²) in [6.07, 6.45) is -0.787. The first-order chi connectivity index (χ1) is 26.7. The third-order valence-electron chi connectivity index (χ3n) is 10.6. The molecular weight excluding hydrogens is 724 g/mol. The van der Waals surface area contributed by atoms with Crippen LogP contribution in [0.2, 0.25) is 0 Å². The molecule has 0 radical (unpaired) electrons. The number of carbonyl (C=O) groups excluding carboxylic acids is 4. The molecule has 2 aliphatic heterocycles. The van der Waals surface area contributed by atoms with Crippen LogP contribution >= 0.6 is 0 Å². The van der Waals surface area contributed by atoms with Crippen LogP contribution in [0.25, 0.3) is 11.1 Å². The van der Waals surface area contributed by atoms with Crippen molar-refractivity contribution >= 4 is 29.8 Å². The van der Waals surface area contributed by atoms with Crippen molar-refractivity contribution in [2.75, 3.05) is 40.1 Å². The lowest BCUT2D eigenvalue weighted by Gasteiger charge is -2.29. The number of alkyl carbamates (subject to hydrolysis) is 1. The molecule has 4 amide bonds. The van der Waals surface area contributed by atoms with E-state index in [4.69, 9.17) is 28.8 Å². The zero-order valence-corrected chi connectivity index (χ0v) is 32.9. The predicted octanol–water partition coefficient (Wildman–Crippen LogP) is 3.42. The van der Waals surface area contributed by atoms with Crippen LogP contribution in [0.4, 0.5) is 4.79 Å². The summed E-state index contributed by atoms with van der Waals surface area (Å²) in [7, 11) is 1.65. The molecule has 5 N–H and O–H groups in total. The number of nitrogens with one attached hydrogen (secondary N) is 4. The van der Waals surface area contributed by atoms with E-state index >= 15 is 0 Å². The van der Waals surface area contributed by atoms with Gasteiger partial charge >= 0.3 is 12.1 Å². The third kappa shape index (κ3) is 11.5. The second kappa shape index (κ2) is 19.0. The van der Waals surface area contributed by atoms with Crippen LogP contribution in [-0.4, -0.2) is 117 Å². The molecule has 0 bridgehead atoms. The summed E-state index contributed by atoms with van der Waals surface area (Å²) in [6.45, 7) is 8.49. The lowest BCUT2D eigenvalue weighted by Crippen LogP contribution is -2.48. The van der Waals surface area contributed by atoms with E-state index in [2.05, 4.69) is 21.3 Å². The predicted molar refractivity (Wildman–Crippen MR) is 205 cm³/mol. The van der Waals surface area contributed by atoms with E-state index in [0.29, 0.717) is 13.0 Å². The van der Waals surface area contributed by atoms with Gasteiger partial charge in [-0.25, -0.2) is 4.79 Å². The normalized spacial score (nSPS) is 20.7. The molecule has 2 aromatic carbocycles. The van der Waals surface area contributed by atoms with Gasteiger partial charge in [0.2, 0.25) is 17.7 Å². The SMILES string of the molecule is COC(C)(C)CCOC(C)(C)CC(=O)N[C@H]1COC2[C@@H](NC(=O)CCC[C@H](NC(=O)OCC3c4ccccc4-c4ccccc43)C(=O)NCCC(=O)O)CO[C@@H]21. The highest BCUT2D eigenvalue weighted by Gasteiger charge is 2.49. The lowest BCUT2D eigenvalue weighted by molar-refractivity contribution is -0.137. The van der Waals surface area contributed by atoms with E-state index in [1.165, 1.54) is 0 Å². The Morgan fingerprint density at radius 3 is 2.02 bits per heavy atom. The molecule has 15 nitrogen and oxygen atoms in total. The monoisotopic (exact) mass is 780 g/mol. The number of amides is 4. The van der Waals surface area contributed by atoms with Crippen LogP contribution in [0.5, 0.6) is 0 Å². The van der Waals surface area contributed by atoms with Gasteiger partial charge in [-0.3, -0.25) is 19.2 Å². The fourth-order valence-corrected chi connectivity index (χ4v) is 7.33. The number of carboxylic acids is 1.